The van der Waals surface area contributed by atoms with Crippen LogP contribution in [0, 0.1) is 0 Å². The standard InChI is InChI=1S/C38H43N3O11/c1-5-6-14-50-21-12-10-20(11-13-21)37(47)41-40-19(3)38(48)16-23-29(26(17-38)52-27-15-24(39)32(42)18(2)51-27)36(46)31-30(34(23)44)33(43)22-8-7-9-25(49-4)28(22)35(31)45/h7-13,18,24,26-27,32,42,44,46,48H,5-6,14-17,39H2,1-4H3,(H,41,47)/b40-19+/t18?,24?,26-,27?,32?,38-/m0/s1. The number of carbonyl (C=O) groups is 3. The third-order valence-corrected chi connectivity index (χ3v) is 10.0. The van der Waals surface area contributed by atoms with Crippen molar-refractivity contribution in [3.8, 4) is 23.0 Å². The van der Waals surface area contributed by atoms with Crippen molar-refractivity contribution >= 4 is 23.2 Å². The summed E-state index contributed by atoms with van der Waals surface area (Å²) in [6.07, 6.45) is -2.72. The summed E-state index contributed by atoms with van der Waals surface area (Å²) < 4.78 is 23.2. The van der Waals surface area contributed by atoms with Gasteiger partial charge in [0.2, 0.25) is 5.78 Å². The van der Waals surface area contributed by atoms with E-state index in [1.807, 2.05) is 0 Å². The number of ketones is 2. The van der Waals surface area contributed by atoms with Gasteiger partial charge in [0, 0.05) is 47.6 Å². The SMILES string of the molecule is CCCCOc1ccc(C(=O)N/N=C(\C)[C@]2(O)Cc3c(O)c4c(c(O)c3[C@@H](OC3CC(N)C(O)C(C)O3)C2)C(=O)c2c(OC)cccc2C4=O)cc1. The molecule has 6 rings (SSSR count). The second kappa shape index (κ2) is 14.6. The van der Waals surface area contributed by atoms with Crippen molar-refractivity contribution in [1.82, 2.24) is 5.43 Å². The highest BCUT2D eigenvalue weighted by Gasteiger charge is 2.49. The molecule has 14 nitrogen and oxygen atoms in total. The van der Waals surface area contributed by atoms with Gasteiger partial charge in [0.25, 0.3) is 5.91 Å². The number of rotatable bonds is 10. The number of methoxy groups -OCH3 is 1. The Morgan fingerprint density at radius 2 is 1.79 bits per heavy atom. The summed E-state index contributed by atoms with van der Waals surface area (Å²) in [6.45, 7) is 5.71. The maximum Gasteiger partial charge on any atom is 0.271 e. The van der Waals surface area contributed by atoms with Gasteiger partial charge in [-0.2, -0.15) is 5.10 Å². The third kappa shape index (κ3) is 6.63. The minimum absolute atomic E-state index is 0.0245. The molecule has 1 saturated heterocycles. The van der Waals surface area contributed by atoms with E-state index in [2.05, 4.69) is 17.5 Å². The highest BCUT2D eigenvalue weighted by molar-refractivity contribution is 6.31. The number of ether oxygens (including phenoxy) is 4. The average molecular weight is 718 g/mol. The summed E-state index contributed by atoms with van der Waals surface area (Å²) >= 11 is 0. The van der Waals surface area contributed by atoms with Crippen LogP contribution in [0.3, 0.4) is 0 Å². The van der Waals surface area contributed by atoms with E-state index in [0.29, 0.717) is 12.4 Å². The number of hydrazone groups is 1. The van der Waals surface area contributed by atoms with Crippen LogP contribution in [0.4, 0.5) is 0 Å². The number of aliphatic hydroxyl groups is 2. The van der Waals surface area contributed by atoms with E-state index < -0.39 is 76.3 Å². The van der Waals surface area contributed by atoms with Crippen molar-refractivity contribution < 1.29 is 53.8 Å². The van der Waals surface area contributed by atoms with Gasteiger partial charge in [0.15, 0.2) is 12.1 Å². The molecule has 0 radical (unpaired) electrons. The molecule has 2 aliphatic carbocycles. The molecule has 3 aromatic rings. The Morgan fingerprint density at radius 3 is 2.46 bits per heavy atom. The first kappa shape index (κ1) is 36.9. The van der Waals surface area contributed by atoms with Gasteiger partial charge in [-0.1, -0.05) is 25.5 Å². The topological polar surface area (TPSA) is 219 Å². The lowest BCUT2D eigenvalue weighted by Gasteiger charge is -2.42. The Balaban J connectivity index is 1.37. The second-order valence-electron chi connectivity index (χ2n) is 13.4. The Labute approximate surface area is 300 Å². The Morgan fingerprint density at radius 1 is 1.08 bits per heavy atom. The molecule has 7 N–H and O–H groups in total. The molecular weight excluding hydrogens is 674 g/mol. The largest absolute Gasteiger partial charge is 0.507 e. The van der Waals surface area contributed by atoms with E-state index in [1.165, 1.54) is 32.2 Å². The van der Waals surface area contributed by atoms with Crippen LogP contribution in [-0.4, -0.2) is 87.5 Å². The number of aliphatic hydroxyl groups excluding tert-OH is 1. The van der Waals surface area contributed by atoms with Gasteiger partial charge >= 0.3 is 0 Å². The lowest BCUT2D eigenvalue weighted by Crippen LogP contribution is -2.52. The molecule has 0 saturated carbocycles. The first-order valence-corrected chi connectivity index (χ1v) is 17.2. The zero-order chi connectivity index (χ0) is 37.5. The Hall–Kier alpha value is -4.86. The van der Waals surface area contributed by atoms with Gasteiger partial charge in [0.05, 0.1) is 54.4 Å². The number of fused-ring (bicyclic) bond motifs is 3. The van der Waals surface area contributed by atoms with Gasteiger partial charge in [-0.3, -0.25) is 14.4 Å². The molecule has 6 atom stereocenters. The van der Waals surface area contributed by atoms with Crippen molar-refractivity contribution in [2.45, 2.75) is 89.1 Å². The molecule has 0 spiro atoms. The van der Waals surface area contributed by atoms with Gasteiger partial charge < -0.3 is 45.1 Å². The van der Waals surface area contributed by atoms with Crippen LogP contribution in [0.2, 0.25) is 0 Å². The number of nitrogens with two attached hydrogens (primary N) is 1. The number of nitrogens with zero attached hydrogens (tertiary/aromatic N) is 1. The fraction of sp³-hybridized carbons (Fsp3) is 0.421. The lowest BCUT2D eigenvalue weighted by molar-refractivity contribution is -0.245. The lowest BCUT2D eigenvalue weighted by atomic mass is 9.71. The molecule has 1 amide bonds. The zero-order valence-corrected chi connectivity index (χ0v) is 29.3. The van der Waals surface area contributed by atoms with E-state index in [9.17, 15) is 34.8 Å². The third-order valence-electron chi connectivity index (χ3n) is 10.0. The number of unbranched alkanes of at least 4 members (excludes halogenated alkanes) is 1. The van der Waals surface area contributed by atoms with E-state index in [1.54, 1.807) is 31.2 Å². The molecule has 14 heteroatoms. The van der Waals surface area contributed by atoms with Crippen LogP contribution in [0.25, 0.3) is 0 Å². The van der Waals surface area contributed by atoms with Crippen LogP contribution >= 0.6 is 0 Å². The van der Waals surface area contributed by atoms with Gasteiger partial charge in [-0.25, -0.2) is 5.43 Å². The smallest absolute Gasteiger partial charge is 0.271 e. The van der Waals surface area contributed by atoms with Gasteiger partial charge in [0.1, 0.15) is 28.6 Å². The summed E-state index contributed by atoms with van der Waals surface area (Å²) in [7, 11) is 1.34. The molecule has 52 heavy (non-hydrogen) atoms. The number of amides is 1. The number of phenols is 2. The number of carbonyl (C=O) groups excluding carboxylic acids is 3. The Bertz CT molecular complexity index is 1920. The molecule has 0 bridgehead atoms. The number of aromatic hydroxyl groups is 2. The second-order valence-corrected chi connectivity index (χ2v) is 13.4. The minimum atomic E-state index is -1.91. The van der Waals surface area contributed by atoms with Crippen LogP contribution in [0.5, 0.6) is 23.0 Å². The fourth-order valence-corrected chi connectivity index (χ4v) is 7.01. The molecule has 3 aliphatic rings. The predicted molar refractivity (Wildman–Crippen MR) is 187 cm³/mol. The first-order chi connectivity index (χ1) is 24.8. The number of nitrogens with one attached hydrogen (secondary N) is 1. The molecule has 1 fully saturated rings. The normalized spacial score (nSPS) is 25.5. The zero-order valence-electron chi connectivity index (χ0n) is 29.3. The highest BCUT2D eigenvalue weighted by Crippen LogP contribution is 2.52. The summed E-state index contributed by atoms with van der Waals surface area (Å²) in [5, 5.41) is 50.3. The molecular formula is C38H43N3O11. The van der Waals surface area contributed by atoms with Crippen molar-refractivity contribution in [2.24, 2.45) is 10.8 Å². The van der Waals surface area contributed by atoms with Crippen molar-refractivity contribution in [2.75, 3.05) is 13.7 Å². The molecule has 276 valence electrons. The summed E-state index contributed by atoms with van der Waals surface area (Å²) in [4.78, 5) is 40.9. The van der Waals surface area contributed by atoms with Crippen LogP contribution in [-0.2, 0) is 15.9 Å². The number of hydrogen-bond acceptors (Lipinski definition) is 13. The number of benzene rings is 3. The summed E-state index contributed by atoms with van der Waals surface area (Å²) in [6, 6.07) is 10.2. The monoisotopic (exact) mass is 717 g/mol. The van der Waals surface area contributed by atoms with Crippen LogP contribution in [0.15, 0.2) is 47.6 Å². The van der Waals surface area contributed by atoms with E-state index in [-0.39, 0.29) is 58.5 Å². The fourth-order valence-electron chi connectivity index (χ4n) is 7.01. The molecule has 1 aliphatic heterocycles. The number of hydrogen-bond donors (Lipinski definition) is 6. The van der Waals surface area contributed by atoms with Crippen molar-refractivity contribution in [1.29, 1.82) is 0 Å². The van der Waals surface area contributed by atoms with Crippen LogP contribution < -0.4 is 20.6 Å². The first-order valence-electron chi connectivity index (χ1n) is 17.2. The van der Waals surface area contributed by atoms with E-state index in [4.69, 9.17) is 24.7 Å². The van der Waals surface area contributed by atoms with E-state index in [0.717, 1.165) is 12.8 Å². The highest BCUT2D eigenvalue weighted by atomic mass is 16.7. The quantitative estimate of drug-likeness (QED) is 0.0602. The van der Waals surface area contributed by atoms with E-state index >= 15 is 0 Å². The predicted octanol–water partition coefficient (Wildman–Crippen LogP) is 3.42. The summed E-state index contributed by atoms with van der Waals surface area (Å²) in [5.74, 6) is -2.53. The maximum atomic E-state index is 14.0. The Kier molecular flexibility index (Phi) is 10.4. The van der Waals surface area contributed by atoms with Gasteiger partial charge in [-0.15, -0.1) is 0 Å². The number of phenolic OH excluding ortho intramolecular Hbond substituents is 2. The molecule has 3 aromatic carbocycles. The average Bonchev–Trinajstić information content (AvgIpc) is 3.12. The van der Waals surface area contributed by atoms with Crippen LogP contribution in [0.1, 0.15) is 106 Å². The van der Waals surface area contributed by atoms with Gasteiger partial charge in [-0.05, 0) is 50.6 Å². The van der Waals surface area contributed by atoms with Crippen molar-refractivity contribution in [3.63, 3.8) is 0 Å². The summed E-state index contributed by atoms with van der Waals surface area (Å²) in [5.41, 5.74) is 5.97. The minimum Gasteiger partial charge on any atom is -0.507 e. The molecule has 4 unspecified atom stereocenters. The maximum absolute atomic E-state index is 14.0. The molecule has 1 heterocycles. The van der Waals surface area contributed by atoms with Crippen molar-refractivity contribution in [3.05, 3.63) is 81.4 Å². The molecule has 0 aromatic heterocycles.